The number of carbonyl (C=O) groups is 1. The van der Waals surface area contributed by atoms with Crippen LogP contribution in [0.3, 0.4) is 0 Å². The van der Waals surface area contributed by atoms with Crippen molar-refractivity contribution in [2.45, 2.75) is 187 Å². The maximum absolute atomic E-state index is 12.7. The first-order valence-corrected chi connectivity index (χ1v) is 23.9. The second kappa shape index (κ2) is 39.3. The third-order valence-electron chi connectivity index (χ3n) is 9.40. The average Bonchev–Trinajstić information content (AvgIpc) is 3.13. The van der Waals surface area contributed by atoms with Gasteiger partial charge in [-0.1, -0.05) is 172 Å². The van der Waals surface area contributed by atoms with E-state index in [-0.39, 0.29) is 25.8 Å². The quantitative estimate of drug-likeness (QED) is 0.0217. The first-order valence-electron chi connectivity index (χ1n) is 22.4. The van der Waals surface area contributed by atoms with Crippen molar-refractivity contribution in [3.05, 3.63) is 48.6 Å². The number of phosphoric ester groups is 1. The van der Waals surface area contributed by atoms with Crippen molar-refractivity contribution >= 4 is 13.8 Å². The van der Waals surface area contributed by atoms with E-state index in [2.05, 4.69) is 62.5 Å². The van der Waals surface area contributed by atoms with Crippen LogP contribution < -0.4 is 0 Å². The molecular formula is C46H87NO7P+. The van der Waals surface area contributed by atoms with Crippen molar-refractivity contribution in [1.29, 1.82) is 0 Å². The number of unbranched alkanes of at least 4 members (excludes halogenated alkanes) is 19. The molecule has 0 aliphatic carbocycles. The molecule has 0 radical (unpaired) electrons. The van der Waals surface area contributed by atoms with Crippen LogP contribution in [0.4, 0.5) is 0 Å². The minimum absolute atomic E-state index is 0.0882. The SMILES string of the molecule is CC/C=C\C/C=C\C/C=C\C/C=C\CCCCCCCCCCCCCCC(=O)OC(COCCCCCCCCCC)COP(=O)(O)OCC[N+](C)(C)C. The molecule has 0 saturated heterocycles. The summed E-state index contributed by atoms with van der Waals surface area (Å²) in [7, 11) is 1.66. The number of hydrogen-bond donors (Lipinski definition) is 1. The maximum atomic E-state index is 12.7. The number of quaternary nitrogens is 1. The molecule has 0 aromatic carbocycles. The number of likely N-dealkylation sites (N-methyl/N-ethyl adjacent to an activating group) is 1. The van der Waals surface area contributed by atoms with Crippen molar-refractivity contribution in [2.75, 3.05) is 54.1 Å². The molecule has 322 valence electrons. The summed E-state index contributed by atoms with van der Waals surface area (Å²) in [4.78, 5) is 22.8. The summed E-state index contributed by atoms with van der Waals surface area (Å²) in [5.41, 5.74) is 0. The molecule has 0 aromatic heterocycles. The van der Waals surface area contributed by atoms with Crippen LogP contribution in [0.5, 0.6) is 0 Å². The Balaban J connectivity index is 4.04. The molecular weight excluding hydrogens is 709 g/mol. The summed E-state index contributed by atoms with van der Waals surface area (Å²) in [5, 5.41) is 0. The van der Waals surface area contributed by atoms with Gasteiger partial charge in [-0.25, -0.2) is 4.57 Å². The van der Waals surface area contributed by atoms with Gasteiger partial charge in [-0.3, -0.25) is 13.8 Å². The molecule has 2 unspecified atom stereocenters. The predicted molar refractivity (Wildman–Crippen MR) is 233 cm³/mol. The highest BCUT2D eigenvalue weighted by Gasteiger charge is 2.26. The molecule has 0 aromatic rings. The molecule has 0 fully saturated rings. The molecule has 0 rings (SSSR count). The van der Waals surface area contributed by atoms with E-state index in [9.17, 15) is 14.3 Å². The molecule has 0 aliphatic heterocycles. The molecule has 0 spiro atoms. The molecule has 0 heterocycles. The van der Waals surface area contributed by atoms with Gasteiger partial charge < -0.3 is 18.9 Å². The lowest BCUT2D eigenvalue weighted by atomic mass is 10.0. The molecule has 0 amide bonds. The Hall–Kier alpha value is -1.54. The van der Waals surface area contributed by atoms with Crippen LogP contribution in [0, 0.1) is 0 Å². The van der Waals surface area contributed by atoms with Crippen molar-refractivity contribution in [3.8, 4) is 0 Å². The number of esters is 1. The standard InChI is InChI=1S/C46H86NO7P/c1-6-8-10-12-14-16-17-18-19-20-21-22-23-24-25-26-27-28-29-30-31-32-33-35-37-39-46(48)54-45(43-51-41-38-36-34-15-13-11-9-7-2)44-53-55(49,50)52-42-40-47(3,4)5/h8,10,14,16,18-19,21-22,45H,6-7,9,11-13,15,17,20,23-44H2,1-5H3/p+1/b10-8-,16-14-,19-18-,22-21-. The van der Waals surface area contributed by atoms with Gasteiger partial charge in [0, 0.05) is 13.0 Å². The Labute approximate surface area is 339 Å². The highest BCUT2D eigenvalue weighted by atomic mass is 31.2. The van der Waals surface area contributed by atoms with Crippen LogP contribution >= 0.6 is 7.82 Å². The highest BCUT2D eigenvalue weighted by Crippen LogP contribution is 2.43. The van der Waals surface area contributed by atoms with Crippen LogP contribution in [-0.4, -0.2) is 75.6 Å². The van der Waals surface area contributed by atoms with Crippen LogP contribution in [-0.2, 0) is 27.9 Å². The Bertz CT molecular complexity index is 1020. The van der Waals surface area contributed by atoms with Gasteiger partial charge in [0.15, 0.2) is 0 Å². The second-order valence-corrected chi connectivity index (χ2v) is 17.5. The minimum atomic E-state index is -4.27. The summed E-state index contributed by atoms with van der Waals surface area (Å²) in [6.07, 6.45) is 47.3. The van der Waals surface area contributed by atoms with Gasteiger partial charge in [0.25, 0.3) is 0 Å². The van der Waals surface area contributed by atoms with Gasteiger partial charge in [0.2, 0.25) is 0 Å². The Kier molecular flexibility index (Phi) is 38.2. The Morgan fingerprint density at radius 3 is 1.58 bits per heavy atom. The van der Waals surface area contributed by atoms with Crippen molar-refractivity contribution in [2.24, 2.45) is 0 Å². The number of hydrogen-bond acceptors (Lipinski definition) is 6. The molecule has 9 heteroatoms. The van der Waals surface area contributed by atoms with Crippen LogP contribution in [0.25, 0.3) is 0 Å². The Morgan fingerprint density at radius 2 is 1.05 bits per heavy atom. The largest absolute Gasteiger partial charge is 0.472 e. The van der Waals surface area contributed by atoms with Gasteiger partial charge in [0.05, 0.1) is 34.4 Å². The van der Waals surface area contributed by atoms with E-state index in [1.807, 2.05) is 21.1 Å². The second-order valence-electron chi connectivity index (χ2n) is 16.1. The molecule has 0 saturated carbocycles. The monoisotopic (exact) mass is 797 g/mol. The number of ether oxygens (including phenoxy) is 2. The lowest BCUT2D eigenvalue weighted by Gasteiger charge is -2.24. The number of carbonyl (C=O) groups excluding carboxylic acids is 1. The zero-order valence-electron chi connectivity index (χ0n) is 36.4. The summed E-state index contributed by atoms with van der Waals surface area (Å²) < 4.78 is 34.9. The van der Waals surface area contributed by atoms with E-state index in [0.29, 0.717) is 24.1 Å². The van der Waals surface area contributed by atoms with Gasteiger partial charge in [0.1, 0.15) is 19.3 Å². The summed E-state index contributed by atoms with van der Waals surface area (Å²) >= 11 is 0. The fourth-order valence-electron chi connectivity index (χ4n) is 5.96. The van der Waals surface area contributed by atoms with Crippen LogP contribution in [0.15, 0.2) is 48.6 Å². The van der Waals surface area contributed by atoms with Crippen molar-refractivity contribution in [3.63, 3.8) is 0 Å². The molecule has 8 nitrogen and oxygen atoms in total. The number of allylic oxidation sites excluding steroid dienone is 8. The fraction of sp³-hybridized carbons (Fsp3) is 0.804. The van der Waals surface area contributed by atoms with Crippen LogP contribution in [0.2, 0.25) is 0 Å². The van der Waals surface area contributed by atoms with E-state index in [1.165, 1.54) is 103 Å². The molecule has 0 aliphatic rings. The van der Waals surface area contributed by atoms with Gasteiger partial charge in [-0.15, -0.1) is 0 Å². The topological polar surface area (TPSA) is 91.3 Å². The van der Waals surface area contributed by atoms with Crippen molar-refractivity contribution < 1.29 is 37.3 Å². The zero-order chi connectivity index (χ0) is 40.6. The first kappa shape index (κ1) is 53.5. The minimum Gasteiger partial charge on any atom is -0.457 e. The highest BCUT2D eigenvalue weighted by molar-refractivity contribution is 7.47. The molecule has 55 heavy (non-hydrogen) atoms. The Morgan fingerprint density at radius 1 is 0.582 bits per heavy atom. The third kappa shape index (κ3) is 43.4. The summed E-state index contributed by atoms with van der Waals surface area (Å²) in [5.74, 6) is -0.318. The lowest BCUT2D eigenvalue weighted by molar-refractivity contribution is -0.870. The number of nitrogens with zero attached hydrogens (tertiary/aromatic N) is 1. The van der Waals surface area contributed by atoms with E-state index >= 15 is 0 Å². The van der Waals surface area contributed by atoms with E-state index in [4.69, 9.17) is 18.5 Å². The van der Waals surface area contributed by atoms with Gasteiger partial charge in [-0.2, -0.15) is 0 Å². The van der Waals surface area contributed by atoms with Crippen LogP contribution in [0.1, 0.15) is 181 Å². The van der Waals surface area contributed by atoms with E-state index in [0.717, 1.165) is 57.8 Å². The van der Waals surface area contributed by atoms with E-state index in [1.54, 1.807) is 0 Å². The molecule has 1 N–H and O–H groups in total. The van der Waals surface area contributed by atoms with Gasteiger partial charge >= 0.3 is 13.8 Å². The molecule has 2 atom stereocenters. The predicted octanol–water partition coefficient (Wildman–Crippen LogP) is 13.2. The fourth-order valence-corrected chi connectivity index (χ4v) is 6.70. The smallest absolute Gasteiger partial charge is 0.457 e. The summed E-state index contributed by atoms with van der Waals surface area (Å²) in [6, 6.07) is 0. The summed E-state index contributed by atoms with van der Waals surface area (Å²) in [6.45, 7) is 5.49. The average molecular weight is 797 g/mol. The maximum Gasteiger partial charge on any atom is 0.472 e. The van der Waals surface area contributed by atoms with Crippen molar-refractivity contribution in [1.82, 2.24) is 0 Å². The normalized spacial score (nSPS) is 14.2. The third-order valence-corrected chi connectivity index (χ3v) is 10.4. The molecule has 0 bridgehead atoms. The lowest BCUT2D eigenvalue weighted by Crippen LogP contribution is -2.37. The van der Waals surface area contributed by atoms with Gasteiger partial charge in [-0.05, 0) is 51.4 Å². The number of phosphoric acid groups is 1. The number of rotatable bonds is 41. The zero-order valence-corrected chi connectivity index (χ0v) is 37.3. The van der Waals surface area contributed by atoms with E-state index < -0.39 is 13.9 Å². The first-order chi connectivity index (χ1) is 26.6.